The topological polar surface area (TPSA) is 139 Å². The predicted molar refractivity (Wildman–Crippen MR) is 130 cm³/mol. The molecular weight excluding hydrogens is 498 g/mol. The summed E-state index contributed by atoms with van der Waals surface area (Å²) in [7, 11) is 1.40. The van der Waals surface area contributed by atoms with Crippen LogP contribution in [0.15, 0.2) is 29.6 Å². The average molecular weight is 522 g/mol. The number of nitrogens with one attached hydrogen (secondary N) is 1. The molecule has 35 heavy (non-hydrogen) atoms. The number of thioether (sulfide) groups is 1. The van der Waals surface area contributed by atoms with Crippen molar-refractivity contribution in [1.29, 1.82) is 0 Å². The van der Waals surface area contributed by atoms with Crippen molar-refractivity contribution in [2.24, 2.45) is 0 Å². The monoisotopic (exact) mass is 521 g/mol. The number of ether oxygens (including phenoxy) is 2. The third-order valence-corrected chi connectivity index (χ3v) is 6.58. The van der Waals surface area contributed by atoms with Crippen LogP contribution in [0.1, 0.15) is 19.8 Å². The molecule has 0 bridgehead atoms. The quantitative estimate of drug-likeness (QED) is 0.240. The number of non-ortho nitro benzene ring substituents is 1. The second kappa shape index (κ2) is 11.1. The van der Waals surface area contributed by atoms with E-state index in [-0.39, 0.29) is 34.9 Å². The number of rotatable bonds is 10. The number of nitro groups is 1. The molecule has 12 nitrogen and oxygen atoms in total. The van der Waals surface area contributed by atoms with Gasteiger partial charge in [0.05, 0.1) is 47.2 Å². The Hall–Kier alpha value is -3.16. The maximum absolute atomic E-state index is 12.6. The van der Waals surface area contributed by atoms with Gasteiger partial charge in [-0.25, -0.2) is 0 Å². The summed E-state index contributed by atoms with van der Waals surface area (Å²) in [5.41, 5.74) is 0.593. The molecule has 1 amide bonds. The summed E-state index contributed by atoms with van der Waals surface area (Å²) in [5, 5.41) is 27.9. The van der Waals surface area contributed by atoms with Gasteiger partial charge in [-0.1, -0.05) is 23.4 Å². The Labute approximate surface area is 210 Å². The minimum atomic E-state index is -0.549. The van der Waals surface area contributed by atoms with Gasteiger partial charge in [0.15, 0.2) is 11.0 Å². The Balaban J connectivity index is 1.52. The van der Waals surface area contributed by atoms with E-state index in [0.29, 0.717) is 41.4 Å². The number of carbonyl (C=O) groups is 1. The number of benzene rings is 1. The van der Waals surface area contributed by atoms with Gasteiger partial charge in [0.25, 0.3) is 5.69 Å². The lowest BCUT2D eigenvalue weighted by Crippen LogP contribution is -2.18. The smallest absolute Gasteiger partial charge is 0.275 e. The fraction of sp³-hybridized carbons (Fsp3) is 0.429. The molecule has 1 aliphatic rings. The molecule has 14 heteroatoms. The number of nitrogens with zero attached hydrogens (tertiary/aromatic N) is 6. The highest BCUT2D eigenvalue weighted by molar-refractivity contribution is 7.99. The van der Waals surface area contributed by atoms with Gasteiger partial charge in [-0.15, -0.1) is 10.2 Å². The first-order chi connectivity index (χ1) is 16.9. The highest BCUT2D eigenvalue weighted by Gasteiger charge is 2.25. The first-order valence-electron chi connectivity index (χ1n) is 10.9. The van der Waals surface area contributed by atoms with E-state index < -0.39 is 4.92 Å². The molecule has 0 unspecified atom stereocenters. The lowest BCUT2D eigenvalue weighted by molar-refractivity contribution is -0.384. The molecule has 0 aliphatic carbocycles. The summed E-state index contributed by atoms with van der Waals surface area (Å²) in [6.07, 6.45) is 3.62. The first kappa shape index (κ1) is 24.9. The lowest BCUT2D eigenvalue weighted by atomic mass is 10.2. The second-order valence-corrected chi connectivity index (χ2v) is 9.10. The number of anilines is 1. The van der Waals surface area contributed by atoms with Crippen molar-refractivity contribution in [2.75, 3.05) is 24.8 Å². The number of nitro benzene ring substituents is 1. The van der Waals surface area contributed by atoms with Crippen molar-refractivity contribution < 1.29 is 19.2 Å². The van der Waals surface area contributed by atoms with Gasteiger partial charge in [0.1, 0.15) is 11.4 Å². The van der Waals surface area contributed by atoms with Crippen molar-refractivity contribution in [3.8, 4) is 17.3 Å². The van der Waals surface area contributed by atoms with E-state index in [9.17, 15) is 14.9 Å². The molecule has 1 atom stereocenters. The number of halogens is 1. The predicted octanol–water partition coefficient (Wildman–Crippen LogP) is 3.64. The largest absolute Gasteiger partial charge is 0.496 e. The van der Waals surface area contributed by atoms with Crippen LogP contribution in [-0.2, 0) is 22.6 Å². The lowest BCUT2D eigenvalue weighted by Gasteiger charge is -2.14. The summed E-state index contributed by atoms with van der Waals surface area (Å²) in [5.74, 6) is 0.417. The van der Waals surface area contributed by atoms with Crippen LogP contribution in [0, 0.1) is 10.1 Å². The molecule has 1 aromatic carbocycles. The van der Waals surface area contributed by atoms with Crippen LogP contribution < -0.4 is 10.1 Å². The van der Waals surface area contributed by atoms with Crippen molar-refractivity contribution in [3.05, 3.63) is 39.5 Å². The van der Waals surface area contributed by atoms with Crippen molar-refractivity contribution in [2.45, 2.75) is 44.1 Å². The molecule has 3 heterocycles. The fourth-order valence-electron chi connectivity index (χ4n) is 3.64. The Morgan fingerprint density at radius 3 is 2.89 bits per heavy atom. The first-order valence-corrected chi connectivity index (χ1v) is 12.3. The number of hydrogen-bond acceptors (Lipinski definition) is 9. The Bertz CT molecular complexity index is 1220. The molecule has 1 saturated heterocycles. The highest BCUT2D eigenvalue weighted by atomic mass is 35.5. The standard InChI is InChI=1S/C21H24ClN7O5S/c1-3-27-11-17(22)19(26-27)20-24-25-21(28(20)10-15-5-4-6-34-15)35-12-18(30)23-13-7-14(29(31)32)9-16(8-13)33-2/h7-9,11,15H,3-6,10,12H2,1-2H3,(H,23,30)/t15-/m0/s1. The van der Waals surface area contributed by atoms with Gasteiger partial charge < -0.3 is 14.8 Å². The van der Waals surface area contributed by atoms with Gasteiger partial charge >= 0.3 is 0 Å². The van der Waals surface area contributed by atoms with Crippen LogP contribution >= 0.6 is 23.4 Å². The van der Waals surface area contributed by atoms with E-state index in [1.807, 2.05) is 11.5 Å². The summed E-state index contributed by atoms with van der Waals surface area (Å²) in [4.78, 5) is 23.2. The molecule has 0 spiro atoms. The Morgan fingerprint density at radius 1 is 1.40 bits per heavy atom. The van der Waals surface area contributed by atoms with Gasteiger partial charge in [-0.3, -0.25) is 24.2 Å². The summed E-state index contributed by atoms with van der Waals surface area (Å²) < 4.78 is 14.5. The average Bonchev–Trinajstić information content (AvgIpc) is 3.58. The third kappa shape index (κ3) is 5.92. The molecule has 1 aliphatic heterocycles. The molecule has 0 radical (unpaired) electrons. The molecule has 3 aromatic rings. The van der Waals surface area contributed by atoms with Gasteiger partial charge in [-0.2, -0.15) is 5.10 Å². The molecular formula is C21H24ClN7O5S. The maximum Gasteiger partial charge on any atom is 0.275 e. The molecule has 2 aromatic heterocycles. The van der Waals surface area contributed by atoms with E-state index >= 15 is 0 Å². The van der Waals surface area contributed by atoms with Crippen LogP contribution in [0.5, 0.6) is 5.75 Å². The number of aryl methyl sites for hydroxylation is 1. The van der Waals surface area contributed by atoms with Crippen LogP contribution in [0.2, 0.25) is 5.02 Å². The molecule has 4 rings (SSSR count). The SMILES string of the molecule is CCn1cc(Cl)c(-c2nnc(SCC(=O)Nc3cc(OC)cc([N+](=O)[O-])c3)n2C[C@@H]2CCCO2)n1. The second-order valence-electron chi connectivity index (χ2n) is 7.75. The summed E-state index contributed by atoms with van der Waals surface area (Å²) in [6.45, 7) is 3.82. The number of methoxy groups -OCH3 is 1. The van der Waals surface area contributed by atoms with Crippen molar-refractivity contribution >= 4 is 40.6 Å². The van der Waals surface area contributed by atoms with E-state index in [1.54, 1.807) is 10.9 Å². The molecule has 1 N–H and O–H groups in total. The number of hydrogen-bond donors (Lipinski definition) is 1. The molecule has 0 saturated carbocycles. The van der Waals surface area contributed by atoms with E-state index in [2.05, 4.69) is 20.6 Å². The van der Waals surface area contributed by atoms with E-state index in [0.717, 1.165) is 12.8 Å². The molecule has 186 valence electrons. The van der Waals surface area contributed by atoms with Crippen molar-refractivity contribution in [1.82, 2.24) is 24.5 Å². The minimum absolute atomic E-state index is 0.00213. The van der Waals surface area contributed by atoms with E-state index in [4.69, 9.17) is 21.1 Å². The summed E-state index contributed by atoms with van der Waals surface area (Å²) in [6, 6.07) is 4.07. The zero-order valence-electron chi connectivity index (χ0n) is 19.1. The van der Waals surface area contributed by atoms with Gasteiger partial charge in [0, 0.05) is 31.5 Å². The fourth-order valence-corrected chi connectivity index (χ4v) is 4.63. The van der Waals surface area contributed by atoms with Crippen LogP contribution in [-0.4, -0.2) is 60.9 Å². The minimum Gasteiger partial charge on any atom is -0.496 e. The number of amides is 1. The zero-order valence-corrected chi connectivity index (χ0v) is 20.7. The van der Waals surface area contributed by atoms with Crippen LogP contribution in [0.25, 0.3) is 11.5 Å². The number of aromatic nitrogens is 5. The van der Waals surface area contributed by atoms with Gasteiger partial charge in [0.2, 0.25) is 5.91 Å². The third-order valence-electron chi connectivity index (χ3n) is 5.33. The van der Waals surface area contributed by atoms with Crippen LogP contribution in [0.4, 0.5) is 11.4 Å². The summed E-state index contributed by atoms with van der Waals surface area (Å²) >= 11 is 7.60. The molecule has 1 fully saturated rings. The maximum atomic E-state index is 12.6. The highest BCUT2D eigenvalue weighted by Crippen LogP contribution is 2.30. The zero-order chi connectivity index (χ0) is 24.9. The van der Waals surface area contributed by atoms with Gasteiger partial charge in [-0.05, 0) is 19.8 Å². The normalized spacial score (nSPS) is 15.3. The van der Waals surface area contributed by atoms with Crippen LogP contribution in [0.3, 0.4) is 0 Å². The Morgan fingerprint density at radius 2 is 2.23 bits per heavy atom. The number of carbonyl (C=O) groups excluding carboxylic acids is 1. The van der Waals surface area contributed by atoms with Crippen molar-refractivity contribution in [3.63, 3.8) is 0 Å². The van der Waals surface area contributed by atoms with E-state index in [1.165, 1.54) is 37.1 Å². The Kier molecular flexibility index (Phi) is 7.88.